The Labute approximate surface area is 331 Å². The van der Waals surface area contributed by atoms with Crippen LogP contribution in [0.2, 0.25) is 0 Å². The molecule has 3 saturated heterocycles. The van der Waals surface area contributed by atoms with Crippen molar-refractivity contribution >= 4 is 18.0 Å². The number of carbonyl (C=O) groups is 2. The third-order valence-corrected chi connectivity index (χ3v) is 9.84. The summed E-state index contributed by atoms with van der Waals surface area (Å²) in [5.41, 5.74) is 1.02. The quantitative estimate of drug-likeness (QED) is 0.0514. The number of carbonyl (C=O) groups excluding carboxylic acids is 2. The Balaban J connectivity index is 1.47. The molecule has 2 aromatic carbocycles. The Kier molecular flexibility index (Phi) is 15.8. The number of phenols is 3. The highest BCUT2D eigenvalue weighted by molar-refractivity contribution is 5.87. The molecule has 0 spiro atoms. The van der Waals surface area contributed by atoms with Crippen molar-refractivity contribution in [2.24, 2.45) is 0 Å². The highest BCUT2D eigenvalue weighted by Crippen LogP contribution is 2.33. The second-order valence-corrected chi connectivity index (χ2v) is 14.1. The smallest absolute Gasteiger partial charge is 0.331 e. The van der Waals surface area contributed by atoms with Gasteiger partial charge in [-0.2, -0.15) is 0 Å². The summed E-state index contributed by atoms with van der Waals surface area (Å²) >= 11 is 0. The number of aliphatic hydroxyl groups is 7. The molecule has 0 radical (unpaired) electrons. The Morgan fingerprint density at radius 3 is 2.00 bits per heavy atom. The van der Waals surface area contributed by atoms with Gasteiger partial charge < -0.3 is 89.0 Å². The van der Waals surface area contributed by atoms with E-state index in [2.05, 4.69) is 0 Å². The number of phenolic OH excluding ortho intramolecular Hbond substituents is 3. The van der Waals surface area contributed by atoms with E-state index in [4.69, 9.17) is 37.9 Å². The van der Waals surface area contributed by atoms with E-state index in [9.17, 15) is 60.7 Å². The molecule has 58 heavy (non-hydrogen) atoms. The molecule has 15 unspecified atom stereocenters. The Bertz CT molecular complexity index is 1670. The fourth-order valence-electron chi connectivity index (χ4n) is 6.61. The number of rotatable bonds is 15. The van der Waals surface area contributed by atoms with Gasteiger partial charge in [-0.3, -0.25) is 4.79 Å². The van der Waals surface area contributed by atoms with Gasteiger partial charge >= 0.3 is 11.9 Å². The van der Waals surface area contributed by atoms with Gasteiger partial charge in [0.1, 0.15) is 66.8 Å². The standard InChI is InChI=1S/C38H50O20/c1-17-28(45)31(48)30(47)25(54-17)15-52-35-34(58-27(44)10-6-19-3-7-21(41)8-4-19)26(16-53-37-33(50)32(49)29(46)24(14-39)56-37)57-38(36(35)55-18(2)40)51-12-11-20-5-9-22(42)23(43)13-20/h3-10,13,17,24-26,28-39,41-43,45-50H,11-12,14-16H2,1-2H3. The van der Waals surface area contributed by atoms with Crippen LogP contribution in [-0.2, 0) is 53.9 Å². The number of esters is 2. The minimum absolute atomic E-state index is 0.0145. The summed E-state index contributed by atoms with van der Waals surface area (Å²) in [6, 6.07) is 9.92. The van der Waals surface area contributed by atoms with E-state index in [1.165, 1.54) is 55.5 Å². The van der Waals surface area contributed by atoms with Gasteiger partial charge in [0.25, 0.3) is 0 Å². The molecular weight excluding hydrogens is 776 g/mol. The number of ether oxygens (including phenoxy) is 8. The fourth-order valence-corrected chi connectivity index (χ4v) is 6.61. The number of benzene rings is 2. The molecule has 20 nitrogen and oxygen atoms in total. The highest BCUT2D eigenvalue weighted by Gasteiger charge is 2.53. The van der Waals surface area contributed by atoms with Crippen molar-refractivity contribution in [3.63, 3.8) is 0 Å². The summed E-state index contributed by atoms with van der Waals surface area (Å²) in [6.07, 6.45) is -20.4. The van der Waals surface area contributed by atoms with Crippen molar-refractivity contribution in [1.29, 1.82) is 0 Å². The Hall–Kier alpha value is -4.00. The molecule has 0 bridgehead atoms. The van der Waals surface area contributed by atoms with Gasteiger partial charge in [-0.05, 0) is 54.8 Å². The number of hydrogen-bond acceptors (Lipinski definition) is 20. The van der Waals surface area contributed by atoms with Gasteiger partial charge in [0.2, 0.25) is 0 Å². The molecule has 0 saturated carbocycles. The van der Waals surface area contributed by atoms with Crippen molar-refractivity contribution in [1.82, 2.24) is 0 Å². The van der Waals surface area contributed by atoms with Crippen molar-refractivity contribution in [3.05, 3.63) is 59.7 Å². The minimum Gasteiger partial charge on any atom is -0.508 e. The zero-order chi connectivity index (χ0) is 42.3. The van der Waals surface area contributed by atoms with E-state index in [0.29, 0.717) is 11.1 Å². The monoisotopic (exact) mass is 826 g/mol. The lowest BCUT2D eigenvalue weighted by molar-refractivity contribution is -0.337. The molecule has 5 rings (SSSR count). The molecular formula is C38H50O20. The molecule has 2 aromatic rings. The maximum Gasteiger partial charge on any atom is 0.331 e. The lowest BCUT2D eigenvalue weighted by Gasteiger charge is -2.46. The lowest BCUT2D eigenvalue weighted by atomic mass is 9.95. The zero-order valence-corrected chi connectivity index (χ0v) is 31.4. The molecule has 0 aromatic heterocycles. The summed E-state index contributed by atoms with van der Waals surface area (Å²) in [4.78, 5) is 26.1. The third-order valence-electron chi connectivity index (χ3n) is 9.84. The van der Waals surface area contributed by atoms with E-state index in [1.807, 2.05) is 0 Å². The molecule has 3 aliphatic heterocycles. The van der Waals surface area contributed by atoms with Gasteiger partial charge in [-0.1, -0.05) is 18.2 Å². The summed E-state index contributed by atoms with van der Waals surface area (Å²) in [6.45, 7) is 0.437. The predicted molar refractivity (Wildman–Crippen MR) is 192 cm³/mol. The fraction of sp³-hybridized carbons (Fsp3) is 0.579. The molecule has 322 valence electrons. The van der Waals surface area contributed by atoms with E-state index in [0.717, 1.165) is 13.0 Å². The molecule has 0 amide bonds. The van der Waals surface area contributed by atoms with Gasteiger partial charge in [0.05, 0.1) is 32.5 Å². The second-order valence-electron chi connectivity index (χ2n) is 14.1. The van der Waals surface area contributed by atoms with E-state index in [-0.39, 0.29) is 30.3 Å². The highest BCUT2D eigenvalue weighted by atomic mass is 16.7. The van der Waals surface area contributed by atoms with Gasteiger partial charge in [0.15, 0.2) is 36.3 Å². The van der Waals surface area contributed by atoms with Crippen molar-refractivity contribution in [2.45, 2.75) is 112 Å². The Morgan fingerprint density at radius 1 is 0.672 bits per heavy atom. The first-order valence-electron chi connectivity index (χ1n) is 18.4. The summed E-state index contributed by atoms with van der Waals surface area (Å²) in [7, 11) is 0. The SMILES string of the molecule is CC(=O)OC1C(OCCc2ccc(O)c(O)c2)OC(COC2OC(CO)C(O)C(O)C2O)C(OC(=O)C=Cc2ccc(O)cc2)C1OCC1OC(C)C(O)C(O)C1O. The molecule has 20 heteroatoms. The number of hydrogen-bond donors (Lipinski definition) is 10. The van der Waals surface area contributed by atoms with Crippen LogP contribution in [0.4, 0.5) is 0 Å². The van der Waals surface area contributed by atoms with Crippen LogP contribution in [0.3, 0.4) is 0 Å². The lowest BCUT2D eigenvalue weighted by Crippen LogP contribution is -2.64. The van der Waals surface area contributed by atoms with Crippen LogP contribution in [-0.4, -0.2) is 181 Å². The van der Waals surface area contributed by atoms with Crippen LogP contribution in [0.5, 0.6) is 17.2 Å². The second kappa shape index (κ2) is 20.3. The maximum atomic E-state index is 13.5. The van der Waals surface area contributed by atoms with Crippen LogP contribution in [0.25, 0.3) is 6.08 Å². The Morgan fingerprint density at radius 2 is 1.33 bits per heavy atom. The topological polar surface area (TPSA) is 310 Å². The van der Waals surface area contributed by atoms with Gasteiger partial charge in [0, 0.05) is 13.0 Å². The normalized spacial score (nSPS) is 35.4. The van der Waals surface area contributed by atoms with Crippen molar-refractivity contribution < 1.29 is 98.5 Å². The van der Waals surface area contributed by atoms with Crippen molar-refractivity contribution in [3.8, 4) is 17.2 Å². The van der Waals surface area contributed by atoms with E-state index in [1.54, 1.807) is 0 Å². The average molecular weight is 827 g/mol. The maximum absolute atomic E-state index is 13.5. The molecule has 10 N–H and O–H groups in total. The van der Waals surface area contributed by atoms with Crippen molar-refractivity contribution in [2.75, 3.05) is 26.4 Å². The van der Waals surface area contributed by atoms with Gasteiger partial charge in [-0.15, -0.1) is 0 Å². The predicted octanol–water partition coefficient (Wildman–Crippen LogP) is -2.28. The molecule has 0 aliphatic carbocycles. The zero-order valence-electron chi connectivity index (χ0n) is 31.4. The van der Waals surface area contributed by atoms with Gasteiger partial charge in [-0.25, -0.2) is 4.79 Å². The van der Waals surface area contributed by atoms with Crippen LogP contribution in [0.1, 0.15) is 25.0 Å². The third kappa shape index (κ3) is 11.2. The number of aromatic hydroxyl groups is 3. The van der Waals surface area contributed by atoms with Crippen LogP contribution in [0.15, 0.2) is 48.5 Å². The van der Waals surface area contributed by atoms with Crippen LogP contribution >= 0.6 is 0 Å². The first-order valence-corrected chi connectivity index (χ1v) is 18.4. The summed E-state index contributed by atoms with van der Waals surface area (Å²) in [5, 5.41) is 102. The molecule has 3 heterocycles. The summed E-state index contributed by atoms with van der Waals surface area (Å²) in [5.74, 6) is -2.58. The van der Waals surface area contributed by atoms with E-state index >= 15 is 0 Å². The molecule has 3 fully saturated rings. The average Bonchev–Trinajstić information content (AvgIpc) is 3.19. The first-order chi connectivity index (χ1) is 27.6. The minimum atomic E-state index is -1.83. The molecule has 15 atom stereocenters. The molecule has 3 aliphatic rings. The van der Waals surface area contributed by atoms with Crippen LogP contribution in [0, 0.1) is 0 Å². The first kappa shape index (κ1) is 45.1. The summed E-state index contributed by atoms with van der Waals surface area (Å²) < 4.78 is 46.9. The number of aliphatic hydroxyl groups excluding tert-OH is 7. The largest absolute Gasteiger partial charge is 0.508 e. The van der Waals surface area contributed by atoms with Crippen LogP contribution < -0.4 is 0 Å². The van der Waals surface area contributed by atoms with E-state index < -0.39 is 124 Å².